The van der Waals surface area contributed by atoms with E-state index in [4.69, 9.17) is 9.40 Å². The second-order valence-electron chi connectivity index (χ2n) is 7.59. The van der Waals surface area contributed by atoms with Crippen molar-refractivity contribution in [2.24, 2.45) is 0 Å². The first kappa shape index (κ1) is 15.1. The maximum Gasteiger partial charge on any atom is 0.227 e. The summed E-state index contributed by atoms with van der Waals surface area (Å²) in [5.74, 6) is 0.675. The summed E-state index contributed by atoms with van der Waals surface area (Å²) >= 11 is 0. The van der Waals surface area contributed by atoms with Crippen LogP contribution in [0.5, 0.6) is 0 Å². The minimum absolute atomic E-state index is 0.675. The molecule has 0 amide bonds. The van der Waals surface area contributed by atoms with Crippen molar-refractivity contribution in [1.29, 1.82) is 0 Å². The molecule has 0 radical (unpaired) electrons. The highest BCUT2D eigenvalue weighted by Gasteiger charge is 2.18. The van der Waals surface area contributed by atoms with E-state index in [1.54, 1.807) is 0 Å². The molecule has 134 valence electrons. The molecule has 0 aliphatic heterocycles. The summed E-state index contributed by atoms with van der Waals surface area (Å²) in [6, 6.07) is 32.0. The van der Waals surface area contributed by atoms with Gasteiger partial charge in [0.25, 0.3) is 0 Å². The zero-order valence-electron chi connectivity index (χ0n) is 15.5. The fraction of sp³-hybridized carbons (Fsp3) is 0. The third kappa shape index (κ3) is 1.93. The predicted molar refractivity (Wildman–Crippen MR) is 121 cm³/mol. The van der Waals surface area contributed by atoms with Crippen LogP contribution in [0.1, 0.15) is 0 Å². The number of fused-ring (bicyclic) bond motifs is 3. The summed E-state index contributed by atoms with van der Waals surface area (Å²) in [5, 5.41) is 10.1. The summed E-state index contributed by atoms with van der Waals surface area (Å²) in [7, 11) is 0. The summed E-state index contributed by atoms with van der Waals surface area (Å²) in [6.07, 6.45) is 0. The monoisotopic (exact) mass is 369 g/mol. The van der Waals surface area contributed by atoms with Crippen molar-refractivity contribution in [2.75, 3.05) is 0 Å². The smallest absolute Gasteiger partial charge is 0.227 e. The van der Waals surface area contributed by atoms with Crippen LogP contribution in [0.15, 0.2) is 95.4 Å². The van der Waals surface area contributed by atoms with Crippen molar-refractivity contribution in [3.8, 4) is 11.5 Å². The molecule has 7 rings (SSSR count). The van der Waals surface area contributed by atoms with Crippen molar-refractivity contribution in [2.45, 2.75) is 0 Å². The lowest BCUT2D eigenvalue weighted by molar-refractivity contribution is 0.620. The number of hydrogen-bond acceptors (Lipinski definition) is 2. The Bertz CT molecular complexity index is 1670. The molecule has 6 aromatic carbocycles. The highest BCUT2D eigenvalue weighted by atomic mass is 16.3. The molecule has 0 saturated carbocycles. The number of hydrogen-bond donors (Lipinski definition) is 0. The van der Waals surface area contributed by atoms with Crippen LogP contribution in [0.3, 0.4) is 0 Å². The maximum atomic E-state index is 6.18. The molecule has 29 heavy (non-hydrogen) atoms. The van der Waals surface area contributed by atoms with Crippen molar-refractivity contribution < 1.29 is 4.42 Å². The largest absolute Gasteiger partial charge is 0.436 e. The van der Waals surface area contributed by atoms with Gasteiger partial charge in [-0.1, -0.05) is 72.8 Å². The van der Waals surface area contributed by atoms with Crippen molar-refractivity contribution >= 4 is 54.2 Å². The first-order valence-corrected chi connectivity index (χ1v) is 9.83. The van der Waals surface area contributed by atoms with E-state index < -0.39 is 0 Å². The molecule has 0 N–H and O–H groups in total. The third-order valence-electron chi connectivity index (χ3n) is 6.03. The van der Waals surface area contributed by atoms with E-state index >= 15 is 0 Å². The molecule has 0 spiro atoms. The Kier molecular flexibility index (Phi) is 2.77. The fourth-order valence-electron chi connectivity index (χ4n) is 4.82. The predicted octanol–water partition coefficient (Wildman–Crippen LogP) is 7.55. The molecule has 0 saturated heterocycles. The average molecular weight is 369 g/mol. The van der Waals surface area contributed by atoms with Crippen LogP contribution >= 0.6 is 0 Å². The van der Waals surface area contributed by atoms with E-state index in [2.05, 4.69) is 66.7 Å². The van der Waals surface area contributed by atoms with Crippen molar-refractivity contribution in [3.05, 3.63) is 91.0 Å². The topological polar surface area (TPSA) is 26.0 Å². The summed E-state index contributed by atoms with van der Waals surface area (Å²) < 4.78 is 6.18. The quantitative estimate of drug-likeness (QED) is 0.221. The SMILES string of the molecule is c1ccc2oc(-c3ccc4cccc5c6cccc7cccc(c3c45)c76)nc2c1. The van der Waals surface area contributed by atoms with Gasteiger partial charge in [-0.15, -0.1) is 0 Å². The standard InChI is InChI=1S/C27H15NO/c1-2-13-23-22(12-1)28-27(29-23)21-15-14-17-8-4-10-19-18-9-3-6-16-7-5-11-20(24(16)18)26(21)25(17)19/h1-15H. The van der Waals surface area contributed by atoms with Gasteiger partial charge < -0.3 is 4.42 Å². The maximum absolute atomic E-state index is 6.18. The summed E-state index contributed by atoms with van der Waals surface area (Å²) in [6.45, 7) is 0. The summed E-state index contributed by atoms with van der Waals surface area (Å²) in [5.41, 5.74) is 2.75. The zero-order chi connectivity index (χ0) is 18.9. The molecular formula is C27H15NO. The van der Waals surface area contributed by atoms with Crippen LogP contribution in [0.25, 0.3) is 65.6 Å². The second-order valence-corrected chi connectivity index (χ2v) is 7.59. The van der Waals surface area contributed by atoms with Gasteiger partial charge in [0.2, 0.25) is 5.89 Å². The van der Waals surface area contributed by atoms with Gasteiger partial charge in [-0.2, -0.15) is 0 Å². The lowest BCUT2D eigenvalue weighted by atomic mass is 9.88. The lowest BCUT2D eigenvalue weighted by Gasteiger charge is -2.16. The van der Waals surface area contributed by atoms with Crippen LogP contribution in [-0.2, 0) is 0 Å². The van der Waals surface area contributed by atoms with E-state index in [1.807, 2.05) is 24.3 Å². The number of nitrogens with zero attached hydrogens (tertiary/aromatic N) is 1. The van der Waals surface area contributed by atoms with Gasteiger partial charge in [-0.3, -0.25) is 0 Å². The first-order valence-electron chi connectivity index (χ1n) is 9.83. The third-order valence-corrected chi connectivity index (χ3v) is 6.03. The molecule has 1 aromatic heterocycles. The number of aromatic nitrogens is 1. The Morgan fingerprint density at radius 1 is 0.517 bits per heavy atom. The average Bonchev–Trinajstić information content (AvgIpc) is 3.21. The van der Waals surface area contributed by atoms with E-state index in [-0.39, 0.29) is 0 Å². The molecule has 2 heteroatoms. The van der Waals surface area contributed by atoms with Crippen LogP contribution in [0.2, 0.25) is 0 Å². The van der Waals surface area contributed by atoms with Gasteiger partial charge in [0.1, 0.15) is 5.52 Å². The molecule has 0 atom stereocenters. The van der Waals surface area contributed by atoms with Gasteiger partial charge in [-0.05, 0) is 55.9 Å². The second kappa shape index (κ2) is 5.33. The van der Waals surface area contributed by atoms with E-state index in [9.17, 15) is 0 Å². The Labute approximate surface area is 166 Å². The molecule has 0 bridgehead atoms. The Balaban J connectivity index is 1.77. The normalized spacial score (nSPS) is 12.1. The molecule has 1 heterocycles. The molecule has 0 unspecified atom stereocenters. The molecule has 0 aliphatic carbocycles. The zero-order valence-corrected chi connectivity index (χ0v) is 15.5. The lowest BCUT2D eigenvalue weighted by Crippen LogP contribution is -1.89. The molecule has 7 aromatic rings. The van der Waals surface area contributed by atoms with E-state index in [0.717, 1.165) is 16.7 Å². The molecule has 0 aliphatic rings. The number of oxazole rings is 1. The van der Waals surface area contributed by atoms with Gasteiger partial charge >= 0.3 is 0 Å². The minimum atomic E-state index is 0.675. The highest BCUT2D eigenvalue weighted by Crippen LogP contribution is 2.44. The Hall–Kier alpha value is -3.91. The van der Waals surface area contributed by atoms with Crippen LogP contribution in [0.4, 0.5) is 0 Å². The van der Waals surface area contributed by atoms with Crippen LogP contribution in [0, 0.1) is 0 Å². The van der Waals surface area contributed by atoms with Crippen molar-refractivity contribution in [1.82, 2.24) is 4.98 Å². The van der Waals surface area contributed by atoms with Crippen molar-refractivity contribution in [3.63, 3.8) is 0 Å². The van der Waals surface area contributed by atoms with Crippen LogP contribution in [-0.4, -0.2) is 4.98 Å². The first-order chi connectivity index (χ1) is 14.4. The minimum Gasteiger partial charge on any atom is -0.436 e. The van der Waals surface area contributed by atoms with E-state index in [1.165, 1.54) is 43.1 Å². The molecule has 0 fully saturated rings. The van der Waals surface area contributed by atoms with E-state index in [0.29, 0.717) is 5.89 Å². The van der Waals surface area contributed by atoms with Crippen LogP contribution < -0.4 is 0 Å². The van der Waals surface area contributed by atoms with Gasteiger partial charge in [0.15, 0.2) is 5.58 Å². The fourth-order valence-corrected chi connectivity index (χ4v) is 4.82. The Morgan fingerprint density at radius 2 is 1.21 bits per heavy atom. The van der Waals surface area contributed by atoms with Gasteiger partial charge in [-0.25, -0.2) is 4.98 Å². The molecule has 2 nitrogen and oxygen atoms in total. The van der Waals surface area contributed by atoms with Gasteiger partial charge in [0, 0.05) is 10.9 Å². The molecular weight excluding hydrogens is 354 g/mol. The number of benzene rings is 6. The van der Waals surface area contributed by atoms with Gasteiger partial charge in [0.05, 0.1) is 0 Å². The highest BCUT2D eigenvalue weighted by molar-refractivity contribution is 6.35. The summed E-state index contributed by atoms with van der Waals surface area (Å²) in [4.78, 5) is 4.81. The number of para-hydroxylation sites is 2. The Morgan fingerprint density at radius 3 is 2.00 bits per heavy atom. The number of rotatable bonds is 1.